The summed E-state index contributed by atoms with van der Waals surface area (Å²) in [5, 5.41) is 11.4. The number of benzene rings is 3. The van der Waals surface area contributed by atoms with Crippen LogP contribution in [0.5, 0.6) is 0 Å². The minimum Gasteiger partial charge on any atom is -0.341 e. The molecule has 8 heteroatoms. The van der Waals surface area contributed by atoms with Crippen LogP contribution in [0.1, 0.15) is 32.8 Å². The number of nitrogens with two attached hydrogens (primary N) is 1. The smallest absolute Gasteiger partial charge is 0.318 e. The first-order valence-corrected chi connectivity index (χ1v) is 12.7. The van der Waals surface area contributed by atoms with E-state index >= 15 is 0 Å². The monoisotopic (exact) mass is 513 g/mol. The molecular weight excluding hydrogens is 478 g/mol. The Bertz CT molecular complexity index is 1350. The van der Waals surface area contributed by atoms with E-state index in [0.29, 0.717) is 24.2 Å². The lowest BCUT2D eigenvalue weighted by Crippen LogP contribution is -2.61. The van der Waals surface area contributed by atoms with Crippen LogP contribution >= 0.6 is 0 Å². The van der Waals surface area contributed by atoms with Crippen molar-refractivity contribution in [2.75, 3.05) is 23.0 Å². The van der Waals surface area contributed by atoms with Crippen LogP contribution in [0.3, 0.4) is 0 Å². The quantitative estimate of drug-likeness (QED) is 0.318. The summed E-state index contributed by atoms with van der Waals surface area (Å²) in [4.78, 5) is 39.1. The highest BCUT2D eigenvalue weighted by atomic mass is 16.2. The van der Waals surface area contributed by atoms with Crippen LogP contribution < -0.4 is 27.0 Å². The molecule has 3 aromatic carbocycles. The van der Waals surface area contributed by atoms with Crippen LogP contribution in [-0.4, -0.2) is 30.4 Å². The minimum atomic E-state index is -1.19. The molecular formula is C30H35N5O3. The largest absolute Gasteiger partial charge is 0.341 e. The Morgan fingerprint density at radius 1 is 0.921 bits per heavy atom. The molecule has 0 radical (unpaired) electrons. The molecule has 4 rings (SSSR count). The summed E-state index contributed by atoms with van der Waals surface area (Å²) in [6.45, 7) is 5.35. The van der Waals surface area contributed by atoms with Gasteiger partial charge < -0.3 is 27.0 Å². The Morgan fingerprint density at radius 3 is 2.26 bits per heavy atom. The number of carbonyl (C=O) groups excluding carboxylic acids is 3. The second-order valence-corrected chi connectivity index (χ2v) is 10.4. The molecule has 1 aliphatic rings. The van der Waals surface area contributed by atoms with Gasteiger partial charge in [-0.15, -0.1) is 0 Å². The van der Waals surface area contributed by atoms with E-state index in [9.17, 15) is 14.4 Å². The van der Waals surface area contributed by atoms with Crippen LogP contribution in [-0.2, 0) is 16.0 Å². The Kier molecular flexibility index (Phi) is 7.55. The fourth-order valence-corrected chi connectivity index (χ4v) is 4.98. The minimum absolute atomic E-state index is 0.207. The van der Waals surface area contributed by atoms with Gasteiger partial charge in [0.05, 0.1) is 17.0 Å². The van der Waals surface area contributed by atoms with Gasteiger partial charge in [0.1, 0.15) is 0 Å². The number of urea groups is 1. The number of hydrogen-bond acceptors (Lipinski definition) is 4. The highest BCUT2D eigenvalue weighted by Crippen LogP contribution is 2.43. The van der Waals surface area contributed by atoms with Crippen molar-refractivity contribution >= 4 is 34.9 Å². The fourth-order valence-electron chi connectivity index (χ4n) is 4.98. The van der Waals surface area contributed by atoms with Crippen LogP contribution in [0.2, 0.25) is 0 Å². The summed E-state index contributed by atoms with van der Waals surface area (Å²) in [7, 11) is 1.56. The van der Waals surface area contributed by atoms with Crippen molar-refractivity contribution in [3.05, 3.63) is 78.4 Å². The highest BCUT2D eigenvalue weighted by Gasteiger charge is 2.53. The topological polar surface area (TPSA) is 125 Å². The Labute approximate surface area is 223 Å². The first kappa shape index (κ1) is 26.9. The molecule has 2 atom stereocenters. The number of fused-ring (bicyclic) bond motifs is 1. The lowest BCUT2D eigenvalue weighted by Gasteiger charge is -2.44. The second-order valence-electron chi connectivity index (χ2n) is 10.4. The van der Waals surface area contributed by atoms with E-state index in [2.05, 4.69) is 21.3 Å². The third-order valence-electron chi connectivity index (χ3n) is 7.66. The summed E-state index contributed by atoms with van der Waals surface area (Å²) in [6, 6.07) is 22.2. The molecule has 0 fully saturated rings. The van der Waals surface area contributed by atoms with Crippen molar-refractivity contribution in [3.8, 4) is 11.1 Å². The van der Waals surface area contributed by atoms with Crippen LogP contribution in [0.4, 0.5) is 21.9 Å². The van der Waals surface area contributed by atoms with E-state index in [4.69, 9.17) is 5.73 Å². The molecule has 38 heavy (non-hydrogen) atoms. The molecule has 8 nitrogen and oxygen atoms in total. The molecule has 6 N–H and O–H groups in total. The highest BCUT2D eigenvalue weighted by molar-refractivity contribution is 6.03. The molecule has 4 amide bonds. The molecule has 1 aliphatic heterocycles. The average Bonchev–Trinajstić information content (AvgIpc) is 3.06. The molecule has 0 aliphatic carbocycles. The number of rotatable bonds is 6. The van der Waals surface area contributed by atoms with E-state index in [-0.39, 0.29) is 17.8 Å². The normalized spacial score (nSPS) is 16.8. The van der Waals surface area contributed by atoms with E-state index in [1.807, 2.05) is 60.7 Å². The molecule has 1 heterocycles. The van der Waals surface area contributed by atoms with Gasteiger partial charge in [-0.1, -0.05) is 48.5 Å². The maximum atomic E-state index is 13.8. The van der Waals surface area contributed by atoms with Crippen molar-refractivity contribution in [2.24, 2.45) is 17.1 Å². The number of aryl methyl sites for hydroxylation is 1. The van der Waals surface area contributed by atoms with Gasteiger partial charge in [-0.2, -0.15) is 0 Å². The summed E-state index contributed by atoms with van der Waals surface area (Å²) in [5.74, 6) is -1.15. The van der Waals surface area contributed by atoms with Crippen molar-refractivity contribution in [2.45, 2.75) is 39.2 Å². The lowest BCUT2D eigenvalue weighted by atomic mass is 9.62. The van der Waals surface area contributed by atoms with E-state index in [1.165, 1.54) is 0 Å². The molecule has 0 aromatic heterocycles. The SMILES string of the molecule is CNC(=O)Nc1ccccc1-c1ccc(NC(=O)C(C)([C@H]2CCc3ccccc3NC2=O)C(C)(C)N)cc1. The third kappa shape index (κ3) is 5.26. The summed E-state index contributed by atoms with van der Waals surface area (Å²) < 4.78 is 0. The van der Waals surface area contributed by atoms with Crippen molar-refractivity contribution in [3.63, 3.8) is 0 Å². The Hall–Kier alpha value is -4.17. The van der Waals surface area contributed by atoms with Gasteiger partial charge in [0, 0.05) is 29.5 Å². The molecule has 1 unspecified atom stereocenters. The number of nitrogens with one attached hydrogen (secondary N) is 4. The van der Waals surface area contributed by atoms with E-state index in [1.54, 1.807) is 40.0 Å². The van der Waals surface area contributed by atoms with Crippen LogP contribution in [0.25, 0.3) is 11.1 Å². The maximum Gasteiger partial charge on any atom is 0.318 e. The summed E-state index contributed by atoms with van der Waals surface area (Å²) in [5.41, 5.74) is 9.22. The van der Waals surface area contributed by atoms with Gasteiger partial charge in [0.2, 0.25) is 11.8 Å². The van der Waals surface area contributed by atoms with Crippen molar-refractivity contribution < 1.29 is 14.4 Å². The molecule has 0 saturated heterocycles. The van der Waals surface area contributed by atoms with Crippen molar-refractivity contribution in [1.29, 1.82) is 0 Å². The maximum absolute atomic E-state index is 13.8. The third-order valence-corrected chi connectivity index (χ3v) is 7.66. The summed E-state index contributed by atoms with van der Waals surface area (Å²) in [6.07, 6.45) is 1.16. The van der Waals surface area contributed by atoms with Crippen LogP contribution in [0, 0.1) is 11.3 Å². The predicted molar refractivity (Wildman–Crippen MR) is 152 cm³/mol. The van der Waals surface area contributed by atoms with Gasteiger partial charge in [-0.25, -0.2) is 4.79 Å². The van der Waals surface area contributed by atoms with Gasteiger partial charge in [0.25, 0.3) is 0 Å². The van der Waals surface area contributed by atoms with Gasteiger partial charge >= 0.3 is 6.03 Å². The second kappa shape index (κ2) is 10.7. The number of hydrogen-bond donors (Lipinski definition) is 5. The van der Waals surface area contributed by atoms with E-state index < -0.39 is 16.9 Å². The van der Waals surface area contributed by atoms with Gasteiger partial charge in [-0.05, 0) is 69.0 Å². The van der Waals surface area contributed by atoms with E-state index in [0.717, 1.165) is 22.4 Å². The van der Waals surface area contributed by atoms with Crippen LogP contribution in [0.15, 0.2) is 72.8 Å². The number of anilines is 3. The molecule has 0 spiro atoms. The molecule has 0 bridgehead atoms. The first-order chi connectivity index (χ1) is 18.0. The van der Waals surface area contributed by atoms with Crippen molar-refractivity contribution in [1.82, 2.24) is 5.32 Å². The fraction of sp³-hybridized carbons (Fsp3) is 0.300. The zero-order valence-electron chi connectivity index (χ0n) is 22.2. The summed E-state index contributed by atoms with van der Waals surface area (Å²) >= 11 is 0. The first-order valence-electron chi connectivity index (χ1n) is 12.7. The lowest BCUT2D eigenvalue weighted by molar-refractivity contribution is -0.139. The molecule has 3 aromatic rings. The number of carbonyl (C=O) groups is 3. The Balaban J connectivity index is 1.58. The molecule has 0 saturated carbocycles. The zero-order chi connectivity index (χ0) is 27.5. The number of para-hydroxylation sites is 2. The Morgan fingerprint density at radius 2 is 1.58 bits per heavy atom. The number of amides is 4. The van der Waals surface area contributed by atoms with Gasteiger partial charge in [0.15, 0.2) is 0 Å². The average molecular weight is 514 g/mol. The van der Waals surface area contributed by atoms with Gasteiger partial charge in [-0.3, -0.25) is 9.59 Å². The standard InChI is InChI=1S/C30H35N5O3/c1-29(2,31)30(3,23-18-15-20-9-5-7-11-24(20)34-26(23)36)27(37)33-21-16-13-19(14-17-21)22-10-6-8-12-25(22)35-28(38)32-4/h5-14,16-17,23H,15,18,31H2,1-4H3,(H,33,37)(H,34,36)(H2,32,35,38)/t23-,30?/m0/s1. The zero-order valence-corrected chi connectivity index (χ0v) is 22.2. The predicted octanol–water partition coefficient (Wildman–Crippen LogP) is 4.99. The molecule has 198 valence electrons.